The molecule has 1 aromatic rings. The lowest BCUT2D eigenvalue weighted by Gasteiger charge is -2.05. The molecule has 0 atom stereocenters. The third kappa shape index (κ3) is 3.30. The van der Waals surface area contributed by atoms with Crippen LogP contribution in [-0.4, -0.2) is 20.5 Å². The van der Waals surface area contributed by atoms with E-state index in [4.69, 9.17) is 0 Å². The van der Waals surface area contributed by atoms with E-state index in [-0.39, 0.29) is 0 Å². The molecule has 1 aromatic heterocycles. The first kappa shape index (κ1) is 9.82. The van der Waals surface area contributed by atoms with Crippen molar-refractivity contribution < 1.29 is 5.11 Å². The van der Waals surface area contributed by atoms with Crippen LogP contribution in [-0.2, 0) is 6.54 Å². The van der Waals surface area contributed by atoms with E-state index in [1.54, 1.807) is 24.7 Å². The molecule has 3 heteroatoms. The molecule has 0 fully saturated rings. The number of aryl methyl sites for hydroxylation is 1. The van der Waals surface area contributed by atoms with Crippen molar-refractivity contribution in [2.45, 2.75) is 32.9 Å². The maximum atomic E-state index is 9.34. The Kier molecular flexibility index (Phi) is 2.74. The fourth-order valence-corrected chi connectivity index (χ4v) is 0.826. The van der Waals surface area contributed by atoms with E-state index in [1.807, 2.05) is 13.1 Å². The van der Waals surface area contributed by atoms with Gasteiger partial charge in [-0.15, -0.1) is 0 Å². The lowest BCUT2D eigenvalue weighted by Crippen LogP contribution is -2.14. The molecule has 0 spiro atoms. The van der Waals surface area contributed by atoms with Crippen LogP contribution in [0.15, 0.2) is 12.4 Å². The topological polar surface area (TPSA) is 38.0 Å². The van der Waals surface area contributed by atoms with Crippen molar-refractivity contribution >= 4 is 0 Å². The fraction of sp³-hybridized carbons (Fsp3) is 0.500. The highest BCUT2D eigenvalue weighted by Gasteiger charge is 2.05. The van der Waals surface area contributed by atoms with E-state index >= 15 is 0 Å². The minimum atomic E-state index is -0.936. The van der Waals surface area contributed by atoms with Crippen LogP contribution in [0.1, 0.15) is 26.3 Å². The minimum Gasteiger partial charge on any atom is -0.378 e. The van der Waals surface area contributed by atoms with Gasteiger partial charge in [0.05, 0.1) is 11.8 Å². The van der Waals surface area contributed by atoms with Gasteiger partial charge in [0.1, 0.15) is 5.60 Å². The standard InChI is InChI=1S/C10H14N2O/c1-4-12-8-9(7-11-12)5-6-10(2,3)13/h7-8,13H,4H2,1-3H3. The molecule has 0 saturated heterocycles. The second-order valence-electron chi connectivity index (χ2n) is 3.39. The van der Waals surface area contributed by atoms with E-state index in [2.05, 4.69) is 16.9 Å². The molecule has 0 radical (unpaired) electrons. The quantitative estimate of drug-likeness (QED) is 0.652. The first-order valence-corrected chi connectivity index (χ1v) is 4.29. The summed E-state index contributed by atoms with van der Waals surface area (Å²) in [6.07, 6.45) is 3.56. The predicted molar refractivity (Wildman–Crippen MR) is 51.1 cm³/mol. The lowest BCUT2D eigenvalue weighted by atomic mass is 10.1. The SMILES string of the molecule is CCn1cc(C#CC(C)(C)O)cn1. The van der Waals surface area contributed by atoms with E-state index in [9.17, 15) is 5.11 Å². The molecule has 70 valence electrons. The first-order valence-electron chi connectivity index (χ1n) is 4.29. The van der Waals surface area contributed by atoms with Gasteiger partial charge in [0.25, 0.3) is 0 Å². The molecule has 0 bridgehead atoms. The molecular formula is C10H14N2O. The average Bonchev–Trinajstić information content (AvgIpc) is 2.47. The molecule has 0 aliphatic rings. The summed E-state index contributed by atoms with van der Waals surface area (Å²) in [5.41, 5.74) is -0.0992. The highest BCUT2D eigenvalue weighted by atomic mass is 16.3. The summed E-state index contributed by atoms with van der Waals surface area (Å²) in [5.74, 6) is 5.58. The van der Waals surface area contributed by atoms with Crippen LogP contribution in [0.5, 0.6) is 0 Å². The van der Waals surface area contributed by atoms with E-state index in [0.29, 0.717) is 0 Å². The number of hydrogen-bond acceptors (Lipinski definition) is 2. The lowest BCUT2D eigenvalue weighted by molar-refractivity contribution is 0.143. The number of aliphatic hydroxyl groups is 1. The van der Waals surface area contributed by atoms with E-state index in [1.165, 1.54) is 0 Å². The van der Waals surface area contributed by atoms with Gasteiger partial charge in [-0.05, 0) is 20.8 Å². The Morgan fingerprint density at radius 1 is 1.62 bits per heavy atom. The molecule has 0 amide bonds. The molecular weight excluding hydrogens is 164 g/mol. The third-order valence-corrected chi connectivity index (χ3v) is 1.47. The largest absolute Gasteiger partial charge is 0.378 e. The third-order valence-electron chi connectivity index (χ3n) is 1.47. The Hall–Kier alpha value is -1.27. The van der Waals surface area contributed by atoms with Crippen molar-refractivity contribution in [1.29, 1.82) is 0 Å². The van der Waals surface area contributed by atoms with Gasteiger partial charge in [-0.1, -0.05) is 11.8 Å². The smallest absolute Gasteiger partial charge is 0.120 e. The van der Waals surface area contributed by atoms with Crippen molar-refractivity contribution in [2.75, 3.05) is 0 Å². The normalized spacial score (nSPS) is 10.8. The summed E-state index contributed by atoms with van der Waals surface area (Å²) in [4.78, 5) is 0. The average molecular weight is 178 g/mol. The van der Waals surface area contributed by atoms with Gasteiger partial charge in [-0.25, -0.2) is 0 Å². The van der Waals surface area contributed by atoms with Gasteiger partial charge < -0.3 is 5.11 Å². The van der Waals surface area contributed by atoms with Crippen molar-refractivity contribution in [2.24, 2.45) is 0 Å². The Labute approximate surface area is 78.4 Å². The van der Waals surface area contributed by atoms with Gasteiger partial charge in [-0.2, -0.15) is 5.10 Å². The van der Waals surface area contributed by atoms with Gasteiger partial charge in [0.15, 0.2) is 0 Å². The first-order chi connectivity index (χ1) is 6.01. The van der Waals surface area contributed by atoms with Gasteiger partial charge in [-0.3, -0.25) is 4.68 Å². The molecule has 1 rings (SSSR count). The van der Waals surface area contributed by atoms with Crippen molar-refractivity contribution in [3.05, 3.63) is 18.0 Å². The number of nitrogens with zero attached hydrogens (tertiary/aromatic N) is 2. The minimum absolute atomic E-state index is 0.837. The van der Waals surface area contributed by atoms with Gasteiger partial charge in [0.2, 0.25) is 0 Å². The highest BCUT2D eigenvalue weighted by Crippen LogP contribution is 2.00. The molecule has 0 unspecified atom stereocenters. The molecule has 0 aromatic carbocycles. The Bertz CT molecular complexity index is 336. The summed E-state index contributed by atoms with van der Waals surface area (Å²) in [6.45, 7) is 6.17. The summed E-state index contributed by atoms with van der Waals surface area (Å²) in [5, 5.41) is 13.4. The maximum Gasteiger partial charge on any atom is 0.120 e. The molecule has 1 N–H and O–H groups in total. The van der Waals surface area contributed by atoms with Crippen LogP contribution in [0.2, 0.25) is 0 Å². The highest BCUT2D eigenvalue weighted by molar-refractivity contribution is 5.31. The second-order valence-corrected chi connectivity index (χ2v) is 3.39. The zero-order valence-corrected chi connectivity index (χ0v) is 8.20. The van der Waals surface area contributed by atoms with Crippen molar-refractivity contribution in [1.82, 2.24) is 9.78 Å². The van der Waals surface area contributed by atoms with Crippen LogP contribution >= 0.6 is 0 Å². The fourth-order valence-electron chi connectivity index (χ4n) is 0.826. The van der Waals surface area contributed by atoms with Crippen molar-refractivity contribution in [3.63, 3.8) is 0 Å². The van der Waals surface area contributed by atoms with Crippen LogP contribution < -0.4 is 0 Å². The van der Waals surface area contributed by atoms with E-state index in [0.717, 1.165) is 12.1 Å². The van der Waals surface area contributed by atoms with Crippen LogP contribution in [0.3, 0.4) is 0 Å². The predicted octanol–water partition coefficient (Wildman–Crippen LogP) is 1.03. The number of hydrogen-bond donors (Lipinski definition) is 1. The number of aromatic nitrogens is 2. The Balaban J connectivity index is 2.78. The summed E-state index contributed by atoms with van der Waals surface area (Å²) >= 11 is 0. The van der Waals surface area contributed by atoms with Crippen LogP contribution in [0, 0.1) is 11.8 Å². The molecule has 0 aliphatic heterocycles. The van der Waals surface area contributed by atoms with E-state index < -0.39 is 5.60 Å². The monoisotopic (exact) mass is 178 g/mol. The van der Waals surface area contributed by atoms with Crippen LogP contribution in [0.25, 0.3) is 0 Å². The number of rotatable bonds is 1. The maximum absolute atomic E-state index is 9.34. The van der Waals surface area contributed by atoms with Gasteiger partial charge in [0, 0.05) is 12.7 Å². The van der Waals surface area contributed by atoms with Crippen LogP contribution in [0.4, 0.5) is 0 Å². The Morgan fingerprint density at radius 2 is 2.31 bits per heavy atom. The summed E-state index contributed by atoms with van der Waals surface area (Å²) < 4.78 is 1.80. The zero-order chi connectivity index (χ0) is 9.90. The van der Waals surface area contributed by atoms with Gasteiger partial charge >= 0.3 is 0 Å². The molecule has 1 heterocycles. The summed E-state index contributed by atoms with van der Waals surface area (Å²) in [6, 6.07) is 0. The summed E-state index contributed by atoms with van der Waals surface area (Å²) in [7, 11) is 0. The second kappa shape index (κ2) is 3.63. The molecule has 0 aliphatic carbocycles. The van der Waals surface area contributed by atoms with Crippen molar-refractivity contribution in [3.8, 4) is 11.8 Å². The molecule has 3 nitrogen and oxygen atoms in total. The zero-order valence-electron chi connectivity index (χ0n) is 8.20. The molecule has 0 saturated carbocycles. The Morgan fingerprint density at radius 3 is 2.77 bits per heavy atom. The molecule has 13 heavy (non-hydrogen) atoms.